The average molecular weight is 536 g/mol. The first-order valence-corrected chi connectivity index (χ1v) is 13.6. The standard InChI is InChI=1S/C29H33N3O5S/c1-6-31(7-2)23(33)17-20-18-38-29-30-25(19-13-10-9-11-14-19)24(28(34)37-8-3)26(32(20)29)21-15-12-16-22(35-4)27(21)36-5/h9-16,18,26H,6-8,17H2,1-5H3. The predicted molar refractivity (Wildman–Crippen MR) is 150 cm³/mol. The zero-order valence-electron chi connectivity index (χ0n) is 22.4. The minimum atomic E-state index is -0.660. The minimum absolute atomic E-state index is 0.00924. The largest absolute Gasteiger partial charge is 0.493 e. The first-order valence-electron chi connectivity index (χ1n) is 12.7. The molecule has 4 rings (SSSR count). The minimum Gasteiger partial charge on any atom is -0.493 e. The number of esters is 1. The van der Waals surface area contributed by atoms with Crippen LogP contribution in [0.15, 0.2) is 70.2 Å². The summed E-state index contributed by atoms with van der Waals surface area (Å²) in [5, 5.41) is 2.62. The topological polar surface area (TPSA) is 80.7 Å². The number of rotatable bonds is 10. The summed E-state index contributed by atoms with van der Waals surface area (Å²) < 4.78 is 17.0. The molecule has 0 radical (unpaired) electrons. The fraction of sp³-hybridized carbons (Fsp3) is 0.345. The Morgan fingerprint density at radius 2 is 1.74 bits per heavy atom. The number of ether oxygens (including phenoxy) is 3. The van der Waals surface area contributed by atoms with Crippen LogP contribution in [0.1, 0.15) is 44.4 Å². The highest BCUT2D eigenvalue weighted by Crippen LogP contribution is 2.50. The van der Waals surface area contributed by atoms with Gasteiger partial charge >= 0.3 is 5.97 Å². The monoisotopic (exact) mass is 535 g/mol. The van der Waals surface area contributed by atoms with Gasteiger partial charge in [-0.3, -0.25) is 4.79 Å². The van der Waals surface area contributed by atoms with Crippen molar-refractivity contribution in [3.63, 3.8) is 0 Å². The van der Waals surface area contributed by atoms with Crippen LogP contribution in [-0.4, -0.2) is 60.8 Å². The highest BCUT2D eigenvalue weighted by atomic mass is 32.2. The Bertz CT molecular complexity index is 1280. The lowest BCUT2D eigenvalue weighted by molar-refractivity contribution is -0.139. The fourth-order valence-electron chi connectivity index (χ4n) is 4.75. The zero-order chi connectivity index (χ0) is 27.2. The second-order valence-corrected chi connectivity index (χ2v) is 9.40. The number of nitrogens with zero attached hydrogens (tertiary/aromatic N) is 3. The molecule has 2 aromatic carbocycles. The van der Waals surface area contributed by atoms with Crippen LogP contribution in [-0.2, 0) is 14.3 Å². The van der Waals surface area contributed by atoms with Gasteiger partial charge in [-0.1, -0.05) is 54.2 Å². The Hall–Kier alpha value is -3.72. The molecule has 2 heterocycles. The van der Waals surface area contributed by atoms with Crippen LogP contribution in [0.2, 0.25) is 0 Å². The predicted octanol–water partition coefficient (Wildman–Crippen LogP) is 5.24. The number of para-hydroxylation sites is 1. The average Bonchev–Trinajstić information content (AvgIpc) is 3.34. The lowest BCUT2D eigenvalue weighted by atomic mass is 9.90. The smallest absolute Gasteiger partial charge is 0.338 e. The van der Waals surface area contributed by atoms with Gasteiger partial charge in [-0.05, 0) is 32.2 Å². The number of hydrogen-bond donors (Lipinski definition) is 0. The van der Waals surface area contributed by atoms with Crippen molar-refractivity contribution in [1.82, 2.24) is 9.80 Å². The van der Waals surface area contributed by atoms with Gasteiger partial charge in [0.2, 0.25) is 5.91 Å². The molecular formula is C29H33N3O5S. The summed E-state index contributed by atoms with van der Waals surface area (Å²) in [7, 11) is 3.15. The second kappa shape index (κ2) is 12.2. The number of hydrogen-bond acceptors (Lipinski definition) is 8. The first-order chi connectivity index (χ1) is 18.5. The summed E-state index contributed by atoms with van der Waals surface area (Å²) in [6.45, 7) is 7.15. The molecule has 0 bridgehead atoms. The van der Waals surface area contributed by atoms with E-state index in [4.69, 9.17) is 19.2 Å². The lowest BCUT2D eigenvalue weighted by Gasteiger charge is -2.37. The number of aliphatic imine (C=N–C) groups is 1. The van der Waals surface area contributed by atoms with Gasteiger partial charge < -0.3 is 24.0 Å². The third-order valence-corrected chi connectivity index (χ3v) is 7.42. The van der Waals surface area contributed by atoms with Crippen molar-refractivity contribution in [2.75, 3.05) is 33.9 Å². The van der Waals surface area contributed by atoms with E-state index in [2.05, 4.69) is 0 Å². The summed E-state index contributed by atoms with van der Waals surface area (Å²) >= 11 is 1.44. The molecule has 0 spiro atoms. The van der Waals surface area contributed by atoms with Gasteiger partial charge in [0.1, 0.15) is 0 Å². The van der Waals surface area contributed by atoms with Gasteiger partial charge in [0.25, 0.3) is 0 Å². The Kier molecular flexibility index (Phi) is 8.78. The van der Waals surface area contributed by atoms with Crippen molar-refractivity contribution in [3.8, 4) is 11.5 Å². The van der Waals surface area contributed by atoms with E-state index in [-0.39, 0.29) is 18.9 Å². The normalized spacial score (nSPS) is 16.4. The SMILES string of the molecule is CCOC(=O)C1=C(c2ccccc2)N=C2SC=C(CC(=O)N(CC)CC)N2C1c1cccc(OC)c1OC. The van der Waals surface area contributed by atoms with Gasteiger partial charge in [0.05, 0.1) is 44.6 Å². The number of fused-ring (bicyclic) bond motifs is 1. The second-order valence-electron chi connectivity index (χ2n) is 8.57. The number of amides is 1. The summed E-state index contributed by atoms with van der Waals surface area (Å²) in [5.41, 5.74) is 3.16. The van der Waals surface area contributed by atoms with Crippen molar-refractivity contribution < 1.29 is 23.8 Å². The molecule has 0 aromatic heterocycles. The van der Waals surface area contributed by atoms with E-state index in [0.717, 1.165) is 11.3 Å². The third-order valence-electron chi connectivity index (χ3n) is 6.53. The van der Waals surface area contributed by atoms with Gasteiger partial charge in [-0.15, -0.1) is 0 Å². The Balaban J connectivity index is 1.95. The van der Waals surface area contributed by atoms with Crippen molar-refractivity contribution in [1.29, 1.82) is 0 Å². The molecule has 0 N–H and O–H groups in total. The molecule has 1 unspecified atom stereocenters. The molecule has 38 heavy (non-hydrogen) atoms. The molecule has 2 aromatic rings. The van der Waals surface area contributed by atoms with E-state index < -0.39 is 12.0 Å². The number of benzene rings is 2. The van der Waals surface area contributed by atoms with E-state index in [9.17, 15) is 9.59 Å². The quantitative estimate of drug-likeness (QED) is 0.385. The molecule has 2 aliphatic rings. The highest BCUT2D eigenvalue weighted by Gasteiger charge is 2.44. The van der Waals surface area contributed by atoms with Crippen LogP contribution in [0.4, 0.5) is 0 Å². The van der Waals surface area contributed by atoms with E-state index in [1.54, 1.807) is 26.0 Å². The number of methoxy groups -OCH3 is 2. The maximum absolute atomic E-state index is 13.7. The van der Waals surface area contributed by atoms with Crippen molar-refractivity contribution >= 4 is 34.5 Å². The summed E-state index contributed by atoms with van der Waals surface area (Å²) in [6.07, 6.45) is 0.174. The zero-order valence-corrected chi connectivity index (χ0v) is 23.2. The number of carbonyl (C=O) groups is 2. The van der Waals surface area contributed by atoms with Crippen LogP contribution in [0.3, 0.4) is 0 Å². The van der Waals surface area contributed by atoms with E-state index in [1.807, 2.05) is 72.7 Å². The molecular weight excluding hydrogens is 502 g/mol. The van der Waals surface area contributed by atoms with Gasteiger partial charge in [0.15, 0.2) is 16.7 Å². The van der Waals surface area contributed by atoms with Crippen LogP contribution in [0.5, 0.6) is 11.5 Å². The number of carbonyl (C=O) groups excluding carboxylic acids is 2. The van der Waals surface area contributed by atoms with Crippen molar-refractivity contribution in [2.45, 2.75) is 33.2 Å². The summed E-state index contributed by atoms with van der Waals surface area (Å²) in [5.74, 6) is 0.572. The molecule has 9 heteroatoms. The Morgan fingerprint density at radius 1 is 1.00 bits per heavy atom. The lowest BCUT2D eigenvalue weighted by Crippen LogP contribution is -2.39. The van der Waals surface area contributed by atoms with Crippen molar-refractivity contribution in [2.24, 2.45) is 4.99 Å². The third kappa shape index (κ3) is 5.15. The summed E-state index contributed by atoms with van der Waals surface area (Å²) in [6, 6.07) is 14.5. The maximum Gasteiger partial charge on any atom is 0.338 e. The number of thioether (sulfide) groups is 1. The van der Waals surface area contributed by atoms with E-state index >= 15 is 0 Å². The molecule has 0 aliphatic carbocycles. The van der Waals surface area contributed by atoms with Gasteiger partial charge in [-0.2, -0.15) is 0 Å². The molecule has 200 valence electrons. The molecule has 2 aliphatic heterocycles. The Morgan fingerprint density at radius 3 is 2.37 bits per heavy atom. The first kappa shape index (κ1) is 27.3. The maximum atomic E-state index is 13.7. The molecule has 1 atom stereocenters. The Labute approximate surface area is 228 Å². The highest BCUT2D eigenvalue weighted by molar-refractivity contribution is 8.16. The molecule has 0 saturated heterocycles. The molecule has 0 saturated carbocycles. The van der Waals surface area contributed by atoms with Gasteiger partial charge in [0, 0.05) is 29.9 Å². The molecule has 0 fully saturated rings. The molecule has 8 nitrogen and oxygen atoms in total. The van der Waals surface area contributed by atoms with E-state index in [0.29, 0.717) is 46.6 Å². The molecule has 1 amide bonds. The van der Waals surface area contributed by atoms with E-state index in [1.165, 1.54) is 11.8 Å². The number of amidine groups is 1. The van der Waals surface area contributed by atoms with Crippen LogP contribution in [0, 0.1) is 0 Å². The van der Waals surface area contributed by atoms with Gasteiger partial charge in [-0.25, -0.2) is 9.79 Å². The van der Waals surface area contributed by atoms with Crippen molar-refractivity contribution in [3.05, 3.63) is 76.3 Å². The summed E-state index contributed by atoms with van der Waals surface area (Å²) in [4.78, 5) is 35.6. The van der Waals surface area contributed by atoms with Crippen LogP contribution < -0.4 is 9.47 Å². The van der Waals surface area contributed by atoms with Crippen LogP contribution in [0.25, 0.3) is 5.70 Å². The fourth-order valence-corrected chi connectivity index (χ4v) is 5.67. The van der Waals surface area contributed by atoms with Crippen LogP contribution >= 0.6 is 11.8 Å².